The molecule has 284 valence electrons. The molecular weight excluding hydrogens is 636 g/mol. The SMILES string of the molecule is CC(C)(C)OC(=O)CN1CCN(CC(=O)OC(C)(C)C)CCN(C(C=O)CC(OC(C)(C)C)C(=O)O)CCN(CC(=O)OC(C)(C)C)CC1. The van der Waals surface area contributed by atoms with E-state index in [9.17, 15) is 29.1 Å². The van der Waals surface area contributed by atoms with Crippen LogP contribution in [0.4, 0.5) is 0 Å². The highest BCUT2D eigenvalue weighted by atomic mass is 16.6. The van der Waals surface area contributed by atoms with Crippen LogP contribution in [0.2, 0.25) is 0 Å². The molecule has 1 rings (SSSR count). The van der Waals surface area contributed by atoms with E-state index in [0.29, 0.717) is 52.4 Å². The van der Waals surface area contributed by atoms with Gasteiger partial charge in [0.2, 0.25) is 0 Å². The maximum atomic E-state index is 12.9. The van der Waals surface area contributed by atoms with Gasteiger partial charge in [-0.2, -0.15) is 0 Å². The lowest BCUT2D eigenvalue weighted by molar-refractivity contribution is -0.162. The molecule has 14 heteroatoms. The third kappa shape index (κ3) is 21.2. The molecule has 1 N–H and O–H groups in total. The van der Waals surface area contributed by atoms with E-state index in [0.717, 1.165) is 6.29 Å². The molecule has 0 saturated carbocycles. The zero-order chi connectivity index (χ0) is 37.8. The predicted octanol–water partition coefficient (Wildman–Crippen LogP) is 2.46. The number of carboxylic acids is 1. The number of aldehydes is 1. The predicted molar refractivity (Wildman–Crippen MR) is 185 cm³/mol. The zero-order valence-corrected chi connectivity index (χ0v) is 32.1. The van der Waals surface area contributed by atoms with Crippen LogP contribution in [0, 0.1) is 0 Å². The van der Waals surface area contributed by atoms with Gasteiger partial charge in [-0.3, -0.25) is 34.0 Å². The number of carbonyl (C=O) groups is 5. The molecule has 0 amide bonds. The summed E-state index contributed by atoms with van der Waals surface area (Å²) < 4.78 is 22.6. The number of carboxylic acid groups (broad SMARTS) is 1. The molecule has 0 radical (unpaired) electrons. The van der Waals surface area contributed by atoms with E-state index in [1.807, 2.05) is 19.6 Å². The van der Waals surface area contributed by atoms with Crippen molar-refractivity contribution < 1.29 is 48.0 Å². The molecule has 2 atom stereocenters. The lowest BCUT2D eigenvalue weighted by Gasteiger charge is -2.36. The van der Waals surface area contributed by atoms with Crippen LogP contribution in [0.15, 0.2) is 0 Å². The van der Waals surface area contributed by atoms with Crippen LogP contribution >= 0.6 is 0 Å². The smallest absolute Gasteiger partial charge is 0.332 e. The minimum atomic E-state index is -1.23. The fourth-order valence-corrected chi connectivity index (χ4v) is 5.16. The summed E-state index contributed by atoms with van der Waals surface area (Å²) in [6.45, 7) is 24.3. The third-order valence-electron chi connectivity index (χ3n) is 7.04. The van der Waals surface area contributed by atoms with Gasteiger partial charge in [-0.15, -0.1) is 0 Å². The van der Waals surface area contributed by atoms with Crippen molar-refractivity contribution in [1.82, 2.24) is 19.6 Å². The van der Waals surface area contributed by atoms with E-state index >= 15 is 0 Å². The summed E-state index contributed by atoms with van der Waals surface area (Å²) >= 11 is 0. The Kier molecular flexibility index (Phi) is 17.3. The summed E-state index contributed by atoms with van der Waals surface area (Å²) in [7, 11) is 0. The average Bonchev–Trinajstić information content (AvgIpc) is 2.87. The molecule has 1 heterocycles. The monoisotopic (exact) mass is 700 g/mol. The molecule has 0 bridgehead atoms. The van der Waals surface area contributed by atoms with Gasteiger partial charge < -0.3 is 28.8 Å². The maximum Gasteiger partial charge on any atom is 0.332 e. The first-order valence-corrected chi connectivity index (χ1v) is 17.2. The van der Waals surface area contributed by atoms with Crippen molar-refractivity contribution in [1.29, 1.82) is 0 Å². The van der Waals surface area contributed by atoms with Gasteiger partial charge in [-0.05, 0) is 83.1 Å². The molecule has 1 saturated heterocycles. The van der Waals surface area contributed by atoms with Crippen molar-refractivity contribution in [2.45, 2.75) is 124 Å². The molecular formula is C35H64N4O10. The summed E-state index contributed by atoms with van der Waals surface area (Å²) in [6, 6.07) is -0.818. The Hall–Kier alpha value is -2.65. The van der Waals surface area contributed by atoms with Gasteiger partial charge in [0, 0.05) is 58.8 Å². The minimum Gasteiger partial charge on any atom is -0.479 e. The van der Waals surface area contributed by atoms with Gasteiger partial charge in [0.15, 0.2) is 6.10 Å². The van der Waals surface area contributed by atoms with E-state index in [1.165, 1.54) is 0 Å². The minimum absolute atomic E-state index is 0.0154. The lowest BCUT2D eigenvalue weighted by atomic mass is 10.1. The van der Waals surface area contributed by atoms with Crippen LogP contribution in [0.5, 0.6) is 0 Å². The highest BCUT2D eigenvalue weighted by Crippen LogP contribution is 2.18. The molecule has 49 heavy (non-hydrogen) atoms. The fraction of sp³-hybridized carbons (Fsp3) is 0.857. The summed E-state index contributed by atoms with van der Waals surface area (Å²) in [6.07, 6.45) is -0.584. The van der Waals surface area contributed by atoms with Gasteiger partial charge in [-0.25, -0.2) is 4.79 Å². The zero-order valence-electron chi connectivity index (χ0n) is 32.1. The van der Waals surface area contributed by atoms with Crippen LogP contribution in [-0.4, -0.2) is 161 Å². The first-order chi connectivity index (χ1) is 22.2. The van der Waals surface area contributed by atoms with Crippen LogP contribution in [0.3, 0.4) is 0 Å². The molecule has 0 spiro atoms. The second-order valence-corrected chi connectivity index (χ2v) is 16.6. The largest absolute Gasteiger partial charge is 0.479 e. The molecule has 0 aliphatic carbocycles. The Morgan fingerprint density at radius 1 is 0.571 bits per heavy atom. The molecule has 1 fully saturated rings. The van der Waals surface area contributed by atoms with E-state index in [4.69, 9.17) is 18.9 Å². The van der Waals surface area contributed by atoms with Crippen LogP contribution in [0.1, 0.15) is 89.5 Å². The number of hydrogen-bond acceptors (Lipinski definition) is 13. The van der Waals surface area contributed by atoms with E-state index in [2.05, 4.69) is 0 Å². The van der Waals surface area contributed by atoms with Crippen molar-refractivity contribution in [3.8, 4) is 0 Å². The number of ether oxygens (including phenoxy) is 4. The summed E-state index contributed by atoms with van der Waals surface area (Å²) in [5.74, 6) is -2.38. The number of hydrogen-bond donors (Lipinski definition) is 1. The van der Waals surface area contributed by atoms with Gasteiger partial charge in [-0.1, -0.05) is 0 Å². The molecule has 0 aromatic rings. The summed E-state index contributed by atoms with van der Waals surface area (Å²) in [5.41, 5.74) is -2.78. The van der Waals surface area contributed by atoms with Crippen molar-refractivity contribution in [3.63, 3.8) is 0 Å². The van der Waals surface area contributed by atoms with Crippen molar-refractivity contribution in [2.24, 2.45) is 0 Å². The van der Waals surface area contributed by atoms with Crippen LogP contribution < -0.4 is 0 Å². The normalized spacial score (nSPS) is 18.8. The molecule has 1 aliphatic heterocycles. The second kappa shape index (κ2) is 19.1. The van der Waals surface area contributed by atoms with E-state index < -0.39 is 52.5 Å². The Morgan fingerprint density at radius 2 is 0.878 bits per heavy atom. The number of aliphatic carboxylic acids is 1. The Labute approximate surface area is 293 Å². The first-order valence-electron chi connectivity index (χ1n) is 17.2. The first kappa shape index (κ1) is 44.4. The van der Waals surface area contributed by atoms with Crippen LogP contribution in [0.25, 0.3) is 0 Å². The lowest BCUT2D eigenvalue weighted by Crippen LogP contribution is -2.52. The molecule has 1 aliphatic rings. The van der Waals surface area contributed by atoms with Crippen LogP contribution in [-0.2, 0) is 42.9 Å². The quantitative estimate of drug-likeness (QED) is 0.180. The number of carbonyl (C=O) groups excluding carboxylic acids is 4. The maximum absolute atomic E-state index is 12.9. The number of nitrogens with zero attached hydrogens (tertiary/aromatic N) is 4. The Bertz CT molecular complexity index is 1040. The van der Waals surface area contributed by atoms with Crippen molar-refractivity contribution >= 4 is 30.2 Å². The highest BCUT2D eigenvalue weighted by molar-refractivity contribution is 5.74. The molecule has 0 aromatic carbocycles. The summed E-state index contributed by atoms with van der Waals surface area (Å²) in [5, 5.41) is 9.93. The molecule has 0 aromatic heterocycles. The molecule has 2 unspecified atom stereocenters. The number of esters is 3. The van der Waals surface area contributed by atoms with Crippen molar-refractivity contribution in [2.75, 3.05) is 72.0 Å². The van der Waals surface area contributed by atoms with E-state index in [1.54, 1.807) is 83.1 Å². The fourth-order valence-electron chi connectivity index (χ4n) is 5.16. The number of rotatable bonds is 12. The Balaban J connectivity index is 3.44. The van der Waals surface area contributed by atoms with Gasteiger partial charge in [0.05, 0.1) is 31.3 Å². The van der Waals surface area contributed by atoms with Gasteiger partial charge in [0.25, 0.3) is 0 Å². The van der Waals surface area contributed by atoms with Gasteiger partial charge in [0.1, 0.15) is 23.1 Å². The van der Waals surface area contributed by atoms with Crippen molar-refractivity contribution in [3.05, 3.63) is 0 Å². The summed E-state index contributed by atoms with van der Waals surface area (Å²) in [4.78, 5) is 71.1. The second-order valence-electron chi connectivity index (χ2n) is 16.6. The van der Waals surface area contributed by atoms with E-state index in [-0.39, 0.29) is 32.0 Å². The third-order valence-corrected chi connectivity index (χ3v) is 7.04. The Morgan fingerprint density at radius 3 is 1.12 bits per heavy atom. The molecule has 14 nitrogen and oxygen atoms in total. The van der Waals surface area contributed by atoms with Gasteiger partial charge >= 0.3 is 23.9 Å². The topological polar surface area (TPSA) is 155 Å². The highest BCUT2D eigenvalue weighted by Gasteiger charge is 2.32. The standard InChI is InChI=1S/C35H64N4O10/c1-32(2,3)46-27(31(44)45)21-26(25-40)39-19-17-37(23-29(42)48-34(7,8)9)15-13-36(22-28(41)47-33(4,5)6)14-16-38(18-20-39)24-30(43)49-35(10,11)12/h25-27H,13-24H2,1-12H3,(H,44,45). The average molecular weight is 701 g/mol.